The number of phenolic OH excluding ortho intramolecular Hbond substituents is 1. The quantitative estimate of drug-likeness (QED) is 0.541. The molecule has 1 N–H and O–H groups in total. The highest BCUT2D eigenvalue weighted by Crippen LogP contribution is 2.34. The first-order valence-corrected chi connectivity index (χ1v) is 9.45. The van der Waals surface area contributed by atoms with Gasteiger partial charge < -0.3 is 10.0 Å². The van der Waals surface area contributed by atoms with Gasteiger partial charge in [0.15, 0.2) is 0 Å². The molecule has 2 aromatic heterocycles. The normalized spacial score (nSPS) is 10.9. The molecule has 0 amide bonds. The van der Waals surface area contributed by atoms with Crippen LogP contribution >= 0.6 is 0 Å². The summed E-state index contributed by atoms with van der Waals surface area (Å²) >= 11 is 0. The molecular weight excluding hydrogens is 348 g/mol. The Morgan fingerprint density at radius 2 is 1.71 bits per heavy atom. The van der Waals surface area contributed by atoms with Gasteiger partial charge in [-0.3, -0.25) is 4.98 Å². The third kappa shape index (κ3) is 3.27. The highest BCUT2D eigenvalue weighted by molar-refractivity contribution is 5.94. The third-order valence-electron chi connectivity index (χ3n) is 4.92. The highest BCUT2D eigenvalue weighted by atomic mass is 16.3. The van der Waals surface area contributed by atoms with Crippen molar-refractivity contribution < 1.29 is 5.11 Å². The Morgan fingerprint density at radius 3 is 2.50 bits per heavy atom. The van der Waals surface area contributed by atoms with Crippen molar-refractivity contribution in [2.45, 2.75) is 13.8 Å². The molecule has 0 fully saturated rings. The van der Waals surface area contributed by atoms with Crippen LogP contribution in [0.4, 0.5) is 5.82 Å². The van der Waals surface area contributed by atoms with Crippen molar-refractivity contribution in [2.75, 3.05) is 18.0 Å². The molecule has 140 valence electrons. The van der Waals surface area contributed by atoms with Crippen LogP contribution in [-0.2, 0) is 0 Å². The first-order valence-electron chi connectivity index (χ1n) is 9.45. The summed E-state index contributed by atoms with van der Waals surface area (Å²) in [6, 6.07) is 17.4. The number of aromatic nitrogens is 3. The van der Waals surface area contributed by atoms with Crippen LogP contribution < -0.4 is 4.90 Å². The Balaban J connectivity index is 1.90. The van der Waals surface area contributed by atoms with Crippen LogP contribution in [0.5, 0.6) is 5.75 Å². The zero-order chi connectivity index (χ0) is 19.5. The number of rotatable bonds is 5. The van der Waals surface area contributed by atoms with Crippen LogP contribution in [-0.4, -0.2) is 33.1 Å². The van der Waals surface area contributed by atoms with Gasteiger partial charge in [0.2, 0.25) is 0 Å². The number of hydrogen-bond donors (Lipinski definition) is 1. The predicted molar refractivity (Wildman–Crippen MR) is 113 cm³/mol. The van der Waals surface area contributed by atoms with E-state index >= 15 is 0 Å². The van der Waals surface area contributed by atoms with Crippen LogP contribution in [0.15, 0.2) is 67.1 Å². The second-order valence-electron chi connectivity index (χ2n) is 6.55. The Morgan fingerprint density at radius 1 is 0.857 bits per heavy atom. The van der Waals surface area contributed by atoms with Crippen molar-refractivity contribution in [1.82, 2.24) is 15.0 Å². The lowest BCUT2D eigenvalue weighted by molar-refractivity contribution is 0.475. The molecule has 0 unspecified atom stereocenters. The summed E-state index contributed by atoms with van der Waals surface area (Å²) in [5.41, 5.74) is 4.68. The summed E-state index contributed by atoms with van der Waals surface area (Å²) in [5.74, 6) is 1.17. The number of nitrogens with zero attached hydrogens (tertiary/aromatic N) is 4. The lowest BCUT2D eigenvalue weighted by Crippen LogP contribution is -2.23. The van der Waals surface area contributed by atoms with Gasteiger partial charge in [-0.1, -0.05) is 24.3 Å². The molecule has 0 saturated carbocycles. The third-order valence-corrected chi connectivity index (χ3v) is 4.92. The topological polar surface area (TPSA) is 62.1 Å². The summed E-state index contributed by atoms with van der Waals surface area (Å²) in [4.78, 5) is 15.8. The summed E-state index contributed by atoms with van der Waals surface area (Å²) < 4.78 is 0. The van der Waals surface area contributed by atoms with Crippen LogP contribution in [0.25, 0.3) is 33.3 Å². The molecule has 0 aliphatic rings. The lowest BCUT2D eigenvalue weighted by Gasteiger charge is -2.21. The zero-order valence-corrected chi connectivity index (χ0v) is 16.0. The number of fused-ring (bicyclic) bond motifs is 1. The van der Waals surface area contributed by atoms with Crippen molar-refractivity contribution in [3.05, 3.63) is 67.1 Å². The minimum atomic E-state index is 0.227. The Hall–Kier alpha value is -3.47. The maximum absolute atomic E-state index is 9.88. The molecular formula is C23H22N4O. The fourth-order valence-electron chi connectivity index (χ4n) is 3.51. The van der Waals surface area contributed by atoms with Gasteiger partial charge in [0.25, 0.3) is 0 Å². The second kappa shape index (κ2) is 7.64. The monoisotopic (exact) mass is 370 g/mol. The predicted octanol–water partition coefficient (Wildman–Crippen LogP) is 4.91. The molecule has 0 radical (unpaired) electrons. The highest BCUT2D eigenvalue weighted by Gasteiger charge is 2.13. The van der Waals surface area contributed by atoms with Gasteiger partial charge in [-0.05, 0) is 49.7 Å². The molecule has 0 saturated heterocycles. The molecule has 0 bridgehead atoms. The molecule has 5 nitrogen and oxygen atoms in total. The first kappa shape index (κ1) is 17.9. The lowest BCUT2D eigenvalue weighted by atomic mass is 9.98. The van der Waals surface area contributed by atoms with E-state index in [2.05, 4.69) is 51.9 Å². The van der Waals surface area contributed by atoms with Crippen molar-refractivity contribution in [3.63, 3.8) is 0 Å². The molecule has 2 heterocycles. The molecule has 28 heavy (non-hydrogen) atoms. The molecule has 0 aliphatic heterocycles. The van der Waals surface area contributed by atoms with Gasteiger partial charge in [-0.2, -0.15) is 0 Å². The average molecular weight is 370 g/mol. The number of hydrogen-bond acceptors (Lipinski definition) is 5. The average Bonchev–Trinajstić information content (AvgIpc) is 2.74. The van der Waals surface area contributed by atoms with Gasteiger partial charge in [-0.25, -0.2) is 9.97 Å². The molecule has 0 spiro atoms. The van der Waals surface area contributed by atoms with Crippen molar-refractivity contribution >= 4 is 16.7 Å². The van der Waals surface area contributed by atoms with E-state index in [0.717, 1.165) is 52.2 Å². The Kier molecular flexibility index (Phi) is 4.89. The van der Waals surface area contributed by atoms with E-state index in [9.17, 15) is 5.11 Å². The van der Waals surface area contributed by atoms with E-state index < -0.39 is 0 Å². The zero-order valence-electron chi connectivity index (χ0n) is 16.0. The maximum Gasteiger partial charge on any atom is 0.139 e. The van der Waals surface area contributed by atoms with Crippen LogP contribution in [0.1, 0.15) is 13.8 Å². The SMILES string of the molecule is CCN(CC)c1ncnc2ccc(-c3cccnc3-c3cccc(O)c3)cc12. The molecule has 5 heteroatoms. The van der Waals surface area contributed by atoms with Gasteiger partial charge >= 0.3 is 0 Å². The van der Waals surface area contributed by atoms with Crippen LogP contribution in [0, 0.1) is 0 Å². The number of phenols is 1. The van der Waals surface area contributed by atoms with E-state index in [1.54, 1.807) is 24.7 Å². The van der Waals surface area contributed by atoms with Crippen LogP contribution in [0.3, 0.4) is 0 Å². The van der Waals surface area contributed by atoms with E-state index in [-0.39, 0.29) is 5.75 Å². The molecule has 2 aromatic carbocycles. The van der Waals surface area contributed by atoms with Gasteiger partial charge in [0.05, 0.1) is 11.2 Å². The van der Waals surface area contributed by atoms with Gasteiger partial charge in [0.1, 0.15) is 17.9 Å². The minimum absolute atomic E-state index is 0.227. The summed E-state index contributed by atoms with van der Waals surface area (Å²) in [7, 11) is 0. The summed E-state index contributed by atoms with van der Waals surface area (Å²) in [6.45, 7) is 6.02. The van der Waals surface area contributed by atoms with Gasteiger partial charge in [0, 0.05) is 35.8 Å². The Labute approximate surface area is 164 Å². The van der Waals surface area contributed by atoms with E-state index in [4.69, 9.17) is 0 Å². The van der Waals surface area contributed by atoms with Crippen molar-refractivity contribution in [1.29, 1.82) is 0 Å². The Bertz CT molecular complexity index is 1120. The largest absolute Gasteiger partial charge is 0.508 e. The van der Waals surface area contributed by atoms with Crippen molar-refractivity contribution in [2.24, 2.45) is 0 Å². The number of anilines is 1. The standard InChI is InChI=1S/C23H22N4O/c1-3-27(4-2)23-20-14-16(10-11-21(20)25-15-26-23)19-9-6-12-24-22(19)17-7-5-8-18(28)13-17/h5-15,28H,3-4H2,1-2H3. The fourth-order valence-corrected chi connectivity index (χ4v) is 3.51. The number of aromatic hydroxyl groups is 1. The summed E-state index contributed by atoms with van der Waals surface area (Å²) in [5, 5.41) is 10.9. The van der Waals surface area contributed by atoms with E-state index in [0.29, 0.717) is 0 Å². The molecule has 0 aliphatic carbocycles. The first-order chi connectivity index (χ1) is 13.7. The fraction of sp³-hybridized carbons (Fsp3) is 0.174. The van der Waals surface area contributed by atoms with Gasteiger partial charge in [-0.15, -0.1) is 0 Å². The molecule has 4 rings (SSSR count). The second-order valence-corrected chi connectivity index (χ2v) is 6.55. The summed E-state index contributed by atoms with van der Waals surface area (Å²) in [6.07, 6.45) is 3.40. The van der Waals surface area contributed by atoms with Crippen molar-refractivity contribution in [3.8, 4) is 28.1 Å². The van der Waals surface area contributed by atoms with Crippen LogP contribution in [0.2, 0.25) is 0 Å². The van der Waals surface area contributed by atoms with E-state index in [1.165, 1.54) is 0 Å². The smallest absolute Gasteiger partial charge is 0.139 e. The number of pyridine rings is 1. The number of benzene rings is 2. The molecule has 4 aromatic rings. The maximum atomic E-state index is 9.88. The molecule has 0 atom stereocenters. The van der Waals surface area contributed by atoms with E-state index in [1.807, 2.05) is 24.3 Å². The minimum Gasteiger partial charge on any atom is -0.508 e.